The third kappa shape index (κ3) is 3.80. The molecule has 1 aromatic heterocycles. The maximum atomic E-state index is 12.1. The van der Waals surface area contributed by atoms with E-state index in [1.165, 1.54) is 24.9 Å². The first-order chi connectivity index (χ1) is 9.60. The number of sulfonamides is 1. The lowest BCUT2D eigenvalue weighted by Crippen LogP contribution is -2.47. The fraction of sp³-hybridized carbons (Fsp3) is 0.455. The van der Waals surface area contributed by atoms with Gasteiger partial charge in [-0.15, -0.1) is 0 Å². The number of aliphatic hydroxyl groups is 1. The van der Waals surface area contributed by atoms with Crippen LogP contribution in [0.25, 0.3) is 0 Å². The monoisotopic (exact) mass is 319 g/mol. The Kier molecular flexibility index (Phi) is 5.10. The Hall–Kier alpha value is -1.91. The Bertz CT molecular complexity index is 649. The van der Waals surface area contributed by atoms with Gasteiger partial charge in [0.05, 0.1) is 6.10 Å². The number of hydrogen-bond acceptors (Lipinski definition) is 5. The zero-order chi connectivity index (χ0) is 16.4. The van der Waals surface area contributed by atoms with Gasteiger partial charge >= 0.3 is 5.97 Å². The molecule has 0 aromatic carbocycles. The molecule has 0 aliphatic heterocycles. The molecule has 0 spiro atoms. The van der Waals surface area contributed by atoms with E-state index in [1.54, 1.807) is 0 Å². The molecule has 4 N–H and O–H groups in total. The molecule has 0 radical (unpaired) electrons. The summed E-state index contributed by atoms with van der Waals surface area (Å²) in [6.45, 7) is 1.16. The van der Waals surface area contributed by atoms with Crippen LogP contribution in [-0.4, -0.2) is 54.3 Å². The highest BCUT2D eigenvalue weighted by molar-refractivity contribution is 7.89. The van der Waals surface area contributed by atoms with Crippen molar-refractivity contribution in [2.45, 2.75) is 24.0 Å². The number of carbonyl (C=O) groups excluding carboxylic acids is 1. The van der Waals surface area contributed by atoms with Gasteiger partial charge in [-0.05, 0) is 13.0 Å². The first-order valence-electron chi connectivity index (χ1n) is 5.91. The third-order valence-electron chi connectivity index (χ3n) is 2.78. The summed E-state index contributed by atoms with van der Waals surface area (Å²) in [5, 5.41) is 20.5. The maximum Gasteiger partial charge on any atom is 0.324 e. The zero-order valence-corrected chi connectivity index (χ0v) is 12.5. The lowest BCUT2D eigenvalue weighted by atomic mass is 10.2. The quantitative estimate of drug-likeness (QED) is 0.503. The van der Waals surface area contributed by atoms with E-state index < -0.39 is 34.0 Å². The normalized spacial score (nSPS) is 14.5. The second-order valence-corrected chi connectivity index (χ2v) is 6.14. The predicted octanol–water partition coefficient (Wildman–Crippen LogP) is -1.50. The molecule has 1 amide bonds. The van der Waals surface area contributed by atoms with E-state index in [2.05, 4.69) is 5.32 Å². The third-order valence-corrected chi connectivity index (χ3v) is 4.19. The Balaban J connectivity index is 3.14. The van der Waals surface area contributed by atoms with E-state index in [1.807, 2.05) is 4.72 Å². The molecule has 10 heteroatoms. The van der Waals surface area contributed by atoms with Gasteiger partial charge < -0.3 is 20.1 Å². The highest BCUT2D eigenvalue weighted by Gasteiger charge is 2.30. The number of aromatic nitrogens is 1. The number of rotatable bonds is 6. The first kappa shape index (κ1) is 17.1. The van der Waals surface area contributed by atoms with Crippen LogP contribution in [-0.2, 0) is 21.9 Å². The minimum atomic E-state index is -4.18. The van der Waals surface area contributed by atoms with Crippen LogP contribution >= 0.6 is 0 Å². The fourth-order valence-electron chi connectivity index (χ4n) is 1.63. The Labute approximate surface area is 121 Å². The number of carboxylic acids is 1. The highest BCUT2D eigenvalue weighted by atomic mass is 32.2. The van der Waals surface area contributed by atoms with Crippen LogP contribution < -0.4 is 10.0 Å². The molecule has 0 saturated heterocycles. The number of nitrogens with zero attached hydrogens (tertiary/aromatic N) is 1. The molecule has 0 aliphatic carbocycles. The van der Waals surface area contributed by atoms with Gasteiger partial charge in [0, 0.05) is 20.3 Å². The van der Waals surface area contributed by atoms with Gasteiger partial charge in [0.25, 0.3) is 5.91 Å². The molecular formula is C11H17N3O6S. The minimum Gasteiger partial charge on any atom is -0.480 e. The fourth-order valence-corrected chi connectivity index (χ4v) is 2.96. The van der Waals surface area contributed by atoms with Crippen LogP contribution in [0.2, 0.25) is 0 Å². The predicted molar refractivity (Wildman–Crippen MR) is 72.2 cm³/mol. The van der Waals surface area contributed by atoms with E-state index >= 15 is 0 Å². The second-order valence-electron chi connectivity index (χ2n) is 4.43. The summed E-state index contributed by atoms with van der Waals surface area (Å²) >= 11 is 0. The number of aryl methyl sites for hydroxylation is 1. The SMILES string of the molecule is CNC(=O)c1cc(S(=O)(=O)NC(C(=O)O)C(C)O)cn1C. The van der Waals surface area contributed by atoms with Crippen molar-refractivity contribution >= 4 is 21.9 Å². The maximum absolute atomic E-state index is 12.1. The smallest absolute Gasteiger partial charge is 0.324 e. The van der Waals surface area contributed by atoms with E-state index in [9.17, 15) is 23.1 Å². The molecule has 9 nitrogen and oxygen atoms in total. The van der Waals surface area contributed by atoms with Crippen molar-refractivity contribution in [1.29, 1.82) is 0 Å². The first-order valence-corrected chi connectivity index (χ1v) is 7.40. The van der Waals surface area contributed by atoms with Gasteiger partial charge in [-0.2, -0.15) is 4.72 Å². The molecule has 21 heavy (non-hydrogen) atoms. The number of carbonyl (C=O) groups is 2. The van der Waals surface area contributed by atoms with Gasteiger partial charge in [-0.3, -0.25) is 9.59 Å². The molecule has 2 unspecified atom stereocenters. The zero-order valence-electron chi connectivity index (χ0n) is 11.7. The van der Waals surface area contributed by atoms with E-state index in [0.717, 1.165) is 13.0 Å². The van der Waals surface area contributed by atoms with Gasteiger partial charge in [0.15, 0.2) is 0 Å². The summed E-state index contributed by atoms with van der Waals surface area (Å²) in [5.74, 6) is -1.99. The van der Waals surface area contributed by atoms with Crippen molar-refractivity contribution in [1.82, 2.24) is 14.6 Å². The van der Waals surface area contributed by atoms with Crippen molar-refractivity contribution in [2.24, 2.45) is 7.05 Å². The van der Waals surface area contributed by atoms with Crippen LogP contribution in [0.4, 0.5) is 0 Å². The summed E-state index contributed by atoms with van der Waals surface area (Å²) in [4.78, 5) is 22.2. The summed E-state index contributed by atoms with van der Waals surface area (Å²) in [6.07, 6.45) is -0.243. The Morgan fingerprint density at radius 3 is 2.38 bits per heavy atom. The van der Waals surface area contributed by atoms with Gasteiger partial charge in [0.1, 0.15) is 16.6 Å². The van der Waals surface area contributed by atoms with Crippen molar-refractivity contribution < 1.29 is 28.2 Å². The van der Waals surface area contributed by atoms with Crippen molar-refractivity contribution in [2.75, 3.05) is 7.05 Å². The van der Waals surface area contributed by atoms with Crippen LogP contribution in [0.5, 0.6) is 0 Å². The molecule has 1 heterocycles. The standard InChI is InChI=1S/C11H17N3O6S/c1-6(15)9(11(17)18)13-21(19,20)7-4-8(10(16)12-2)14(3)5-7/h4-6,9,13,15H,1-3H3,(H,12,16)(H,17,18). The van der Waals surface area contributed by atoms with Gasteiger partial charge in [0.2, 0.25) is 10.0 Å². The van der Waals surface area contributed by atoms with E-state index in [4.69, 9.17) is 5.11 Å². The highest BCUT2D eigenvalue weighted by Crippen LogP contribution is 2.14. The Morgan fingerprint density at radius 2 is 1.95 bits per heavy atom. The molecule has 0 saturated carbocycles. The molecule has 0 fully saturated rings. The summed E-state index contributed by atoms with van der Waals surface area (Å²) in [7, 11) is -1.31. The van der Waals surface area contributed by atoms with Crippen LogP contribution in [0, 0.1) is 0 Å². The van der Waals surface area contributed by atoms with Crippen molar-refractivity contribution in [3.05, 3.63) is 18.0 Å². The van der Waals surface area contributed by atoms with Crippen LogP contribution in [0.3, 0.4) is 0 Å². The number of hydrogen-bond donors (Lipinski definition) is 4. The molecule has 0 bridgehead atoms. The Morgan fingerprint density at radius 1 is 1.38 bits per heavy atom. The second kappa shape index (κ2) is 6.24. The number of amides is 1. The molecule has 0 aliphatic rings. The van der Waals surface area contributed by atoms with Crippen molar-refractivity contribution in [3.8, 4) is 0 Å². The van der Waals surface area contributed by atoms with E-state index in [0.29, 0.717) is 0 Å². The van der Waals surface area contributed by atoms with E-state index in [-0.39, 0.29) is 10.6 Å². The van der Waals surface area contributed by atoms with Crippen LogP contribution in [0.1, 0.15) is 17.4 Å². The number of nitrogens with one attached hydrogen (secondary N) is 2. The number of aliphatic carboxylic acids is 1. The van der Waals surface area contributed by atoms with Crippen LogP contribution in [0.15, 0.2) is 17.2 Å². The van der Waals surface area contributed by atoms with Crippen molar-refractivity contribution in [3.63, 3.8) is 0 Å². The topological polar surface area (TPSA) is 138 Å². The summed E-state index contributed by atoms with van der Waals surface area (Å²) < 4.78 is 27.4. The molecule has 1 aromatic rings. The minimum absolute atomic E-state index is 0.0989. The number of aliphatic hydroxyl groups excluding tert-OH is 1. The van der Waals surface area contributed by atoms with Gasteiger partial charge in [-0.25, -0.2) is 8.42 Å². The molecule has 118 valence electrons. The lowest BCUT2D eigenvalue weighted by Gasteiger charge is -2.16. The summed E-state index contributed by atoms with van der Waals surface area (Å²) in [5.41, 5.74) is 0.0989. The molecule has 2 atom stereocenters. The number of carboxylic acid groups (broad SMARTS) is 1. The molecule has 1 rings (SSSR count). The average Bonchev–Trinajstić information content (AvgIpc) is 2.77. The lowest BCUT2D eigenvalue weighted by molar-refractivity contribution is -0.141. The average molecular weight is 319 g/mol. The van der Waals surface area contributed by atoms with Gasteiger partial charge in [-0.1, -0.05) is 0 Å². The largest absolute Gasteiger partial charge is 0.480 e. The molecular weight excluding hydrogens is 302 g/mol. The summed E-state index contributed by atoms with van der Waals surface area (Å²) in [6, 6.07) is -0.569.